The van der Waals surface area contributed by atoms with Gasteiger partial charge in [-0.05, 0) is 24.8 Å². The van der Waals surface area contributed by atoms with Crippen LogP contribution in [0, 0.1) is 11.8 Å². The van der Waals surface area contributed by atoms with Crippen LogP contribution < -0.4 is 0 Å². The van der Waals surface area contributed by atoms with E-state index in [0.29, 0.717) is 19.5 Å². The van der Waals surface area contributed by atoms with Gasteiger partial charge in [0.25, 0.3) is 0 Å². The monoisotopic (exact) mass is 356 g/mol. The van der Waals surface area contributed by atoms with Crippen molar-refractivity contribution in [1.29, 1.82) is 0 Å². The maximum absolute atomic E-state index is 13.3. The normalized spacial score (nSPS) is 34.7. The lowest BCUT2D eigenvalue weighted by atomic mass is 9.71. The number of likely N-dealkylation sites (tertiary alicyclic amines) is 2. The van der Waals surface area contributed by atoms with E-state index in [1.54, 1.807) is 11.9 Å². The second-order valence-electron chi connectivity index (χ2n) is 8.25. The number of hydrogen-bond donors (Lipinski definition) is 1. The van der Waals surface area contributed by atoms with Crippen LogP contribution in [0.5, 0.6) is 0 Å². The Balaban J connectivity index is 1.54. The summed E-state index contributed by atoms with van der Waals surface area (Å²) in [5, 5.41) is 10.9. The Morgan fingerprint density at radius 1 is 1.19 bits per heavy atom. The molecule has 2 heterocycles. The minimum atomic E-state index is -0.587. The van der Waals surface area contributed by atoms with Gasteiger partial charge in [-0.25, -0.2) is 0 Å². The molecule has 140 valence electrons. The van der Waals surface area contributed by atoms with Crippen molar-refractivity contribution >= 4 is 11.8 Å². The largest absolute Gasteiger partial charge is 0.389 e. The summed E-state index contributed by atoms with van der Waals surface area (Å²) in [6.45, 7) is 1.23. The van der Waals surface area contributed by atoms with E-state index in [2.05, 4.69) is 0 Å². The van der Waals surface area contributed by atoms with Crippen molar-refractivity contribution in [2.45, 2.75) is 50.2 Å². The van der Waals surface area contributed by atoms with E-state index < -0.39 is 5.60 Å². The summed E-state index contributed by atoms with van der Waals surface area (Å²) in [5.74, 6) is -0.0452. The van der Waals surface area contributed by atoms with Gasteiger partial charge in [0.15, 0.2) is 0 Å². The summed E-state index contributed by atoms with van der Waals surface area (Å²) >= 11 is 0. The molecule has 1 N–H and O–H groups in total. The molecule has 0 aromatic heterocycles. The number of benzene rings is 1. The number of fused-ring (bicyclic) bond motifs is 1. The predicted octanol–water partition coefficient (Wildman–Crippen LogP) is 2.36. The summed E-state index contributed by atoms with van der Waals surface area (Å²) in [7, 11) is 1.80. The molecule has 1 saturated carbocycles. The van der Waals surface area contributed by atoms with Crippen LogP contribution in [0.1, 0.15) is 50.1 Å². The van der Waals surface area contributed by atoms with Crippen LogP contribution in [-0.4, -0.2) is 52.5 Å². The fraction of sp³-hybridized carbons (Fsp3) is 0.619. The molecule has 2 aliphatic heterocycles. The molecule has 0 unspecified atom stereocenters. The fourth-order valence-corrected chi connectivity index (χ4v) is 5.20. The number of aliphatic hydroxyl groups is 1. The van der Waals surface area contributed by atoms with Crippen LogP contribution in [0.15, 0.2) is 30.3 Å². The maximum Gasteiger partial charge on any atom is 0.228 e. The first-order valence-electron chi connectivity index (χ1n) is 9.81. The molecule has 0 spiro atoms. The molecule has 5 heteroatoms. The van der Waals surface area contributed by atoms with Gasteiger partial charge in [-0.3, -0.25) is 9.59 Å². The second-order valence-corrected chi connectivity index (χ2v) is 8.25. The smallest absolute Gasteiger partial charge is 0.228 e. The van der Waals surface area contributed by atoms with Gasteiger partial charge in [-0.1, -0.05) is 43.2 Å². The summed E-state index contributed by atoms with van der Waals surface area (Å²) < 4.78 is 0. The van der Waals surface area contributed by atoms with Crippen LogP contribution in [0.4, 0.5) is 0 Å². The van der Waals surface area contributed by atoms with Gasteiger partial charge in [0.2, 0.25) is 11.8 Å². The first kappa shape index (κ1) is 17.5. The number of rotatable bonds is 2. The summed E-state index contributed by atoms with van der Waals surface area (Å²) in [6.07, 6.45) is 5.00. The van der Waals surface area contributed by atoms with Crippen LogP contribution >= 0.6 is 0 Å². The van der Waals surface area contributed by atoms with E-state index in [1.807, 2.05) is 35.2 Å². The number of carbonyl (C=O) groups excluding carboxylic acids is 2. The highest BCUT2D eigenvalue weighted by molar-refractivity contribution is 5.90. The van der Waals surface area contributed by atoms with Crippen molar-refractivity contribution < 1.29 is 14.7 Å². The fourth-order valence-electron chi connectivity index (χ4n) is 5.20. The topological polar surface area (TPSA) is 60.9 Å². The molecule has 1 aromatic rings. The molecule has 1 aliphatic carbocycles. The number of piperidine rings is 1. The van der Waals surface area contributed by atoms with Gasteiger partial charge in [0, 0.05) is 32.5 Å². The van der Waals surface area contributed by atoms with E-state index in [9.17, 15) is 14.7 Å². The van der Waals surface area contributed by atoms with Gasteiger partial charge < -0.3 is 14.9 Å². The van der Waals surface area contributed by atoms with Gasteiger partial charge in [0.05, 0.1) is 17.6 Å². The molecule has 5 nitrogen and oxygen atoms in total. The van der Waals surface area contributed by atoms with E-state index in [1.165, 1.54) is 0 Å². The molecule has 0 bridgehead atoms. The molecule has 4 atom stereocenters. The Morgan fingerprint density at radius 3 is 2.73 bits per heavy atom. The zero-order valence-corrected chi connectivity index (χ0v) is 15.4. The lowest BCUT2D eigenvalue weighted by Crippen LogP contribution is -2.55. The Hall–Kier alpha value is -1.88. The predicted molar refractivity (Wildman–Crippen MR) is 98.2 cm³/mol. The standard InChI is InChI=1S/C21H28N2O3/c1-22-18(24)13-17(19(22)15-7-3-2-4-8-15)20(25)23-12-11-21(26)10-6-5-9-16(21)14-23/h2-4,7-8,16-17,19,26H,5-6,9-14H2,1H3/t16-,17-,19-,21+/m0/s1. The molecule has 3 fully saturated rings. The summed E-state index contributed by atoms with van der Waals surface area (Å²) in [4.78, 5) is 29.3. The maximum atomic E-state index is 13.3. The molecule has 4 rings (SSSR count). The number of amides is 2. The lowest BCUT2D eigenvalue weighted by Gasteiger charge is -2.48. The summed E-state index contributed by atoms with van der Waals surface area (Å²) in [6, 6.07) is 9.66. The third kappa shape index (κ3) is 2.92. The van der Waals surface area contributed by atoms with E-state index in [4.69, 9.17) is 0 Å². The van der Waals surface area contributed by atoms with Crippen LogP contribution in [0.2, 0.25) is 0 Å². The third-order valence-corrected chi connectivity index (χ3v) is 6.78. The molecule has 3 aliphatic rings. The van der Waals surface area contributed by atoms with Crippen molar-refractivity contribution in [3.8, 4) is 0 Å². The summed E-state index contributed by atoms with van der Waals surface area (Å²) in [5.41, 5.74) is 0.432. The molecule has 2 saturated heterocycles. The van der Waals surface area contributed by atoms with Crippen molar-refractivity contribution in [2.24, 2.45) is 11.8 Å². The Bertz CT molecular complexity index is 692. The highest BCUT2D eigenvalue weighted by Crippen LogP contribution is 2.42. The number of carbonyl (C=O) groups is 2. The minimum absolute atomic E-state index is 0.0309. The molecule has 0 radical (unpaired) electrons. The highest BCUT2D eigenvalue weighted by Gasteiger charge is 2.48. The lowest BCUT2D eigenvalue weighted by molar-refractivity contribution is -0.148. The van der Waals surface area contributed by atoms with E-state index in [-0.39, 0.29) is 36.1 Å². The molecule has 2 amide bonds. The molecular formula is C21H28N2O3. The number of hydrogen-bond acceptors (Lipinski definition) is 3. The Morgan fingerprint density at radius 2 is 1.96 bits per heavy atom. The quantitative estimate of drug-likeness (QED) is 0.885. The van der Waals surface area contributed by atoms with Gasteiger partial charge >= 0.3 is 0 Å². The average molecular weight is 356 g/mol. The van der Waals surface area contributed by atoms with Crippen LogP contribution in [0.3, 0.4) is 0 Å². The second kappa shape index (κ2) is 6.69. The minimum Gasteiger partial charge on any atom is -0.389 e. The molecule has 1 aromatic carbocycles. The Labute approximate surface area is 155 Å². The van der Waals surface area contributed by atoms with E-state index in [0.717, 1.165) is 31.2 Å². The van der Waals surface area contributed by atoms with Crippen molar-refractivity contribution in [2.75, 3.05) is 20.1 Å². The third-order valence-electron chi connectivity index (χ3n) is 6.78. The first-order chi connectivity index (χ1) is 12.5. The molecular weight excluding hydrogens is 328 g/mol. The zero-order valence-electron chi connectivity index (χ0n) is 15.4. The van der Waals surface area contributed by atoms with Crippen molar-refractivity contribution in [3.05, 3.63) is 35.9 Å². The Kier molecular flexibility index (Phi) is 4.51. The zero-order chi connectivity index (χ0) is 18.3. The van der Waals surface area contributed by atoms with Gasteiger partial charge in [0.1, 0.15) is 0 Å². The first-order valence-corrected chi connectivity index (χ1v) is 9.81. The average Bonchev–Trinajstić information content (AvgIpc) is 2.96. The van der Waals surface area contributed by atoms with E-state index >= 15 is 0 Å². The SMILES string of the molecule is CN1C(=O)C[C@H](C(=O)N2CC[C@]3(O)CCCC[C@H]3C2)[C@@H]1c1ccccc1. The van der Waals surface area contributed by atoms with Crippen molar-refractivity contribution in [3.63, 3.8) is 0 Å². The number of nitrogens with zero attached hydrogens (tertiary/aromatic N) is 2. The molecule has 26 heavy (non-hydrogen) atoms. The highest BCUT2D eigenvalue weighted by atomic mass is 16.3. The van der Waals surface area contributed by atoms with Crippen LogP contribution in [-0.2, 0) is 9.59 Å². The van der Waals surface area contributed by atoms with Crippen LogP contribution in [0.25, 0.3) is 0 Å². The van der Waals surface area contributed by atoms with Gasteiger partial charge in [-0.2, -0.15) is 0 Å². The van der Waals surface area contributed by atoms with Crippen molar-refractivity contribution in [1.82, 2.24) is 9.80 Å². The van der Waals surface area contributed by atoms with Gasteiger partial charge in [-0.15, -0.1) is 0 Å².